The van der Waals surface area contributed by atoms with Crippen LogP contribution < -0.4 is 10.2 Å². The third-order valence-electron chi connectivity index (χ3n) is 4.66. The second-order valence-corrected chi connectivity index (χ2v) is 8.87. The molecule has 1 saturated heterocycles. The van der Waals surface area contributed by atoms with Gasteiger partial charge in [0.15, 0.2) is 0 Å². The summed E-state index contributed by atoms with van der Waals surface area (Å²) in [7, 11) is 0. The van der Waals surface area contributed by atoms with Gasteiger partial charge in [0.05, 0.1) is 16.7 Å². The second-order valence-electron chi connectivity index (χ2n) is 6.81. The number of fused-ring (bicyclic) bond motifs is 1. The van der Waals surface area contributed by atoms with Crippen molar-refractivity contribution in [3.8, 4) is 0 Å². The smallest absolute Gasteiger partial charge is 0.247 e. The van der Waals surface area contributed by atoms with E-state index in [1.807, 2.05) is 42.5 Å². The Kier molecular flexibility index (Phi) is 5.99. The van der Waals surface area contributed by atoms with E-state index in [4.69, 9.17) is 23.2 Å². The van der Waals surface area contributed by atoms with Crippen LogP contribution in [0.1, 0.15) is 6.42 Å². The molecule has 0 bridgehead atoms. The summed E-state index contributed by atoms with van der Waals surface area (Å²) in [4.78, 5) is 38.5. The third-order valence-corrected chi connectivity index (χ3v) is 6.30. The minimum absolute atomic E-state index is 0.0247. The van der Waals surface area contributed by atoms with Gasteiger partial charge in [-0.15, -0.1) is 11.8 Å². The van der Waals surface area contributed by atoms with Gasteiger partial charge in [-0.25, -0.2) is 4.90 Å². The molecule has 0 unspecified atom stereocenters. The fourth-order valence-corrected chi connectivity index (χ4v) is 4.76. The minimum Gasteiger partial charge on any atom is -0.325 e. The number of benzene rings is 3. The van der Waals surface area contributed by atoms with E-state index in [0.29, 0.717) is 21.4 Å². The van der Waals surface area contributed by atoms with Crippen LogP contribution >= 0.6 is 35.0 Å². The fourth-order valence-electron chi connectivity index (χ4n) is 3.31. The molecule has 3 aromatic rings. The van der Waals surface area contributed by atoms with Gasteiger partial charge in [0.1, 0.15) is 0 Å². The van der Waals surface area contributed by atoms with Gasteiger partial charge in [0.2, 0.25) is 17.7 Å². The molecule has 3 aromatic carbocycles. The van der Waals surface area contributed by atoms with E-state index in [0.717, 1.165) is 27.4 Å². The zero-order valence-electron chi connectivity index (χ0n) is 15.6. The summed E-state index contributed by atoms with van der Waals surface area (Å²) in [5, 5.41) is 4.99. The van der Waals surface area contributed by atoms with Crippen LogP contribution in [-0.2, 0) is 14.4 Å². The van der Waals surface area contributed by atoms with E-state index in [2.05, 4.69) is 5.32 Å². The van der Waals surface area contributed by atoms with Gasteiger partial charge in [-0.3, -0.25) is 14.4 Å². The fraction of sp³-hybridized carbons (Fsp3) is 0.136. The molecular weight excluding hydrogens is 443 g/mol. The summed E-state index contributed by atoms with van der Waals surface area (Å²) >= 11 is 13.1. The molecule has 4 rings (SSSR count). The summed E-state index contributed by atoms with van der Waals surface area (Å²) in [5.74, 6) is -0.895. The molecule has 0 aliphatic carbocycles. The number of nitrogens with zero attached hydrogens (tertiary/aromatic N) is 1. The Labute approximate surface area is 187 Å². The predicted molar refractivity (Wildman–Crippen MR) is 122 cm³/mol. The van der Waals surface area contributed by atoms with E-state index in [9.17, 15) is 14.4 Å². The number of rotatable bonds is 5. The number of amides is 3. The Morgan fingerprint density at radius 3 is 2.43 bits per heavy atom. The number of nitrogens with one attached hydrogen (secondary N) is 1. The van der Waals surface area contributed by atoms with Crippen LogP contribution in [0.2, 0.25) is 10.0 Å². The van der Waals surface area contributed by atoms with Crippen LogP contribution in [0.5, 0.6) is 0 Å². The molecule has 152 valence electrons. The lowest BCUT2D eigenvalue weighted by atomic mass is 10.1. The number of anilines is 2. The number of thioether (sulfide) groups is 1. The number of carbonyl (C=O) groups is 3. The number of hydrogen-bond donors (Lipinski definition) is 1. The summed E-state index contributed by atoms with van der Waals surface area (Å²) in [5.41, 5.74) is 1.02. The summed E-state index contributed by atoms with van der Waals surface area (Å²) in [6.45, 7) is 0. The summed E-state index contributed by atoms with van der Waals surface area (Å²) < 4.78 is 0. The molecule has 1 N–H and O–H groups in total. The highest BCUT2D eigenvalue weighted by Gasteiger charge is 2.40. The standard InChI is InChI=1S/C22H16Cl2N2O3S/c23-15-8-16(24)10-18(9-15)26-21(28)11-19(22(26)29)30-12-20(27)25-17-6-5-13-3-1-2-4-14(13)7-17/h1-10,19H,11-12H2,(H,25,27)/t19-/m0/s1. The van der Waals surface area contributed by atoms with E-state index >= 15 is 0 Å². The number of halogens is 2. The van der Waals surface area contributed by atoms with Crippen molar-refractivity contribution in [2.75, 3.05) is 16.0 Å². The highest BCUT2D eigenvalue weighted by molar-refractivity contribution is 8.01. The molecule has 0 spiro atoms. The molecule has 1 fully saturated rings. The number of imide groups is 1. The van der Waals surface area contributed by atoms with Crippen LogP contribution in [-0.4, -0.2) is 28.7 Å². The van der Waals surface area contributed by atoms with Gasteiger partial charge in [-0.2, -0.15) is 0 Å². The lowest BCUT2D eigenvalue weighted by molar-refractivity contribution is -0.121. The molecule has 0 radical (unpaired) electrons. The van der Waals surface area contributed by atoms with Crippen molar-refractivity contribution in [2.24, 2.45) is 0 Å². The predicted octanol–water partition coefficient (Wildman–Crippen LogP) is 5.15. The number of carbonyl (C=O) groups excluding carboxylic acids is 3. The van der Waals surface area contributed by atoms with Gasteiger partial charge in [-0.05, 0) is 41.1 Å². The minimum atomic E-state index is -0.627. The van der Waals surface area contributed by atoms with E-state index in [-0.39, 0.29) is 29.9 Å². The zero-order valence-corrected chi connectivity index (χ0v) is 17.9. The lowest BCUT2D eigenvalue weighted by Crippen LogP contribution is -2.31. The molecule has 1 heterocycles. The molecule has 0 aromatic heterocycles. The Morgan fingerprint density at radius 1 is 1.00 bits per heavy atom. The van der Waals surface area contributed by atoms with Crippen molar-refractivity contribution in [1.29, 1.82) is 0 Å². The van der Waals surface area contributed by atoms with Gasteiger partial charge in [0, 0.05) is 22.2 Å². The monoisotopic (exact) mass is 458 g/mol. The quantitative estimate of drug-likeness (QED) is 0.536. The highest BCUT2D eigenvalue weighted by Crippen LogP contribution is 2.33. The average Bonchev–Trinajstić information content (AvgIpc) is 2.99. The molecule has 8 heteroatoms. The first-order valence-electron chi connectivity index (χ1n) is 9.14. The van der Waals surface area contributed by atoms with Crippen molar-refractivity contribution in [1.82, 2.24) is 0 Å². The molecule has 1 aliphatic heterocycles. The van der Waals surface area contributed by atoms with Crippen LogP contribution in [0.25, 0.3) is 10.8 Å². The first kappa shape index (κ1) is 20.7. The maximum atomic E-state index is 12.7. The Morgan fingerprint density at radius 2 is 1.70 bits per heavy atom. The Balaban J connectivity index is 1.39. The first-order chi connectivity index (χ1) is 14.4. The molecule has 30 heavy (non-hydrogen) atoms. The van der Waals surface area contributed by atoms with Crippen LogP contribution in [0.15, 0.2) is 60.7 Å². The maximum Gasteiger partial charge on any atom is 0.247 e. The first-order valence-corrected chi connectivity index (χ1v) is 10.9. The Bertz CT molecular complexity index is 1150. The van der Waals surface area contributed by atoms with Gasteiger partial charge in [-0.1, -0.05) is 53.5 Å². The normalized spacial score (nSPS) is 16.3. The maximum absolute atomic E-state index is 12.7. The molecule has 3 amide bonds. The molecule has 0 saturated carbocycles. The second kappa shape index (κ2) is 8.68. The Hall–Kier alpha value is -2.54. The molecule has 1 atom stereocenters. The van der Waals surface area contributed by atoms with Crippen LogP contribution in [0.3, 0.4) is 0 Å². The van der Waals surface area contributed by atoms with E-state index < -0.39 is 5.25 Å². The topological polar surface area (TPSA) is 66.5 Å². The summed E-state index contributed by atoms with van der Waals surface area (Å²) in [6.07, 6.45) is 0.0247. The molecule has 1 aliphatic rings. The molecular formula is C22H16Cl2N2O3S. The van der Waals surface area contributed by atoms with Gasteiger partial charge >= 0.3 is 0 Å². The van der Waals surface area contributed by atoms with E-state index in [1.54, 1.807) is 0 Å². The van der Waals surface area contributed by atoms with Gasteiger partial charge < -0.3 is 5.32 Å². The zero-order chi connectivity index (χ0) is 21.3. The highest BCUT2D eigenvalue weighted by atomic mass is 35.5. The SMILES string of the molecule is O=C(CS[C@H]1CC(=O)N(c2cc(Cl)cc(Cl)c2)C1=O)Nc1ccc2ccccc2c1. The number of hydrogen-bond acceptors (Lipinski definition) is 4. The largest absolute Gasteiger partial charge is 0.325 e. The lowest BCUT2D eigenvalue weighted by Gasteiger charge is -2.15. The van der Waals surface area contributed by atoms with E-state index in [1.165, 1.54) is 18.2 Å². The van der Waals surface area contributed by atoms with Crippen molar-refractivity contribution in [2.45, 2.75) is 11.7 Å². The van der Waals surface area contributed by atoms with Gasteiger partial charge in [0.25, 0.3) is 0 Å². The van der Waals surface area contributed by atoms with Crippen LogP contribution in [0, 0.1) is 0 Å². The average molecular weight is 459 g/mol. The molecule has 5 nitrogen and oxygen atoms in total. The van der Waals surface area contributed by atoms with Crippen molar-refractivity contribution < 1.29 is 14.4 Å². The van der Waals surface area contributed by atoms with Crippen molar-refractivity contribution >= 4 is 74.8 Å². The summed E-state index contributed by atoms with van der Waals surface area (Å²) in [6, 6.07) is 18.1. The van der Waals surface area contributed by atoms with Crippen molar-refractivity contribution in [3.63, 3.8) is 0 Å². The van der Waals surface area contributed by atoms with Crippen LogP contribution in [0.4, 0.5) is 11.4 Å². The van der Waals surface area contributed by atoms with Crippen molar-refractivity contribution in [3.05, 3.63) is 70.7 Å². The third kappa shape index (κ3) is 4.46.